The first-order valence-corrected chi connectivity index (χ1v) is 8.41. The molecule has 5 nitrogen and oxygen atoms in total. The monoisotopic (exact) mass is 363 g/mol. The fourth-order valence-electron chi connectivity index (χ4n) is 3.07. The van der Waals surface area contributed by atoms with Gasteiger partial charge in [0.1, 0.15) is 5.82 Å². The van der Waals surface area contributed by atoms with Gasteiger partial charge in [-0.2, -0.15) is 0 Å². The van der Waals surface area contributed by atoms with Crippen molar-refractivity contribution in [3.05, 3.63) is 41.3 Å². The summed E-state index contributed by atoms with van der Waals surface area (Å²) < 4.78 is 18.7. The number of hydrogen-bond donors (Lipinski definition) is 1. The number of piperidine rings is 1. The smallest absolute Gasteiger partial charge is 0.222 e. The molecule has 0 radical (unpaired) electrons. The maximum Gasteiger partial charge on any atom is 0.222 e. The Bertz CT molecular complexity index is 800. The summed E-state index contributed by atoms with van der Waals surface area (Å²) in [4.78, 5) is 17.9. The number of halogens is 2. The van der Waals surface area contributed by atoms with Crippen molar-refractivity contribution in [2.75, 3.05) is 25.1 Å². The van der Waals surface area contributed by atoms with Crippen molar-refractivity contribution in [3.8, 4) is 16.9 Å². The molecule has 1 fully saturated rings. The normalized spacial score (nSPS) is 17.4. The van der Waals surface area contributed by atoms with E-state index in [4.69, 9.17) is 22.1 Å². The number of methoxy groups -OCH3 is 1. The molecule has 132 valence electrons. The van der Waals surface area contributed by atoms with Gasteiger partial charge in [-0.15, -0.1) is 0 Å². The van der Waals surface area contributed by atoms with Gasteiger partial charge in [-0.3, -0.25) is 4.79 Å². The Kier molecular flexibility index (Phi) is 5.08. The molecule has 3 rings (SSSR count). The second kappa shape index (κ2) is 7.27. The second-order valence-electron chi connectivity index (χ2n) is 6.06. The molecular formula is C18H19ClFN3O2. The molecule has 25 heavy (non-hydrogen) atoms. The Hall–Kier alpha value is -2.34. The molecule has 1 aliphatic rings. The van der Waals surface area contributed by atoms with Crippen LogP contribution in [-0.2, 0) is 4.79 Å². The van der Waals surface area contributed by atoms with E-state index in [-0.39, 0.29) is 17.6 Å². The third-order valence-corrected chi connectivity index (χ3v) is 4.75. The first-order valence-electron chi connectivity index (χ1n) is 8.03. The van der Waals surface area contributed by atoms with Crippen molar-refractivity contribution < 1.29 is 13.9 Å². The minimum atomic E-state index is -0.433. The van der Waals surface area contributed by atoms with Crippen molar-refractivity contribution in [1.29, 1.82) is 0 Å². The number of nitrogens with zero attached hydrogens (tertiary/aromatic N) is 2. The largest absolute Gasteiger partial charge is 0.494 e. The SMILES string of the molecule is COc1cc(-c2cc(N3CCC[C@@H](C(N)=O)C3)ncc2Cl)ccc1F. The molecule has 0 aliphatic carbocycles. The number of anilines is 1. The summed E-state index contributed by atoms with van der Waals surface area (Å²) in [6.07, 6.45) is 3.23. The third kappa shape index (κ3) is 3.69. The molecule has 1 aromatic heterocycles. The van der Waals surface area contributed by atoms with E-state index in [1.807, 2.05) is 11.0 Å². The lowest BCUT2D eigenvalue weighted by Gasteiger charge is -2.32. The summed E-state index contributed by atoms with van der Waals surface area (Å²) in [5.41, 5.74) is 6.90. The van der Waals surface area contributed by atoms with Gasteiger partial charge < -0.3 is 15.4 Å². The minimum Gasteiger partial charge on any atom is -0.494 e. The number of pyridine rings is 1. The van der Waals surface area contributed by atoms with E-state index < -0.39 is 5.82 Å². The van der Waals surface area contributed by atoms with E-state index >= 15 is 0 Å². The van der Waals surface area contributed by atoms with Crippen LogP contribution >= 0.6 is 11.6 Å². The molecule has 0 bridgehead atoms. The molecule has 2 aromatic rings. The molecule has 1 amide bonds. The van der Waals surface area contributed by atoms with Crippen LogP contribution in [0.3, 0.4) is 0 Å². The summed E-state index contributed by atoms with van der Waals surface area (Å²) in [6, 6.07) is 6.43. The van der Waals surface area contributed by atoms with Gasteiger partial charge in [0.05, 0.1) is 18.1 Å². The summed E-state index contributed by atoms with van der Waals surface area (Å²) in [5.74, 6) is -0.0351. The number of hydrogen-bond acceptors (Lipinski definition) is 4. The maximum absolute atomic E-state index is 13.7. The van der Waals surface area contributed by atoms with Crippen molar-refractivity contribution in [2.24, 2.45) is 11.7 Å². The highest BCUT2D eigenvalue weighted by Gasteiger charge is 2.25. The van der Waals surface area contributed by atoms with E-state index in [0.29, 0.717) is 17.4 Å². The zero-order valence-electron chi connectivity index (χ0n) is 13.8. The Morgan fingerprint density at radius 2 is 2.24 bits per heavy atom. The van der Waals surface area contributed by atoms with Crippen LogP contribution in [0.2, 0.25) is 5.02 Å². The lowest BCUT2D eigenvalue weighted by Crippen LogP contribution is -2.41. The summed E-state index contributed by atoms with van der Waals surface area (Å²) >= 11 is 6.29. The van der Waals surface area contributed by atoms with E-state index in [1.54, 1.807) is 18.3 Å². The third-order valence-electron chi connectivity index (χ3n) is 4.45. The average molecular weight is 364 g/mol. The fraction of sp³-hybridized carbons (Fsp3) is 0.333. The number of carbonyl (C=O) groups excluding carboxylic acids is 1. The minimum absolute atomic E-state index is 0.152. The molecule has 0 spiro atoms. The summed E-state index contributed by atoms with van der Waals surface area (Å²) in [7, 11) is 1.42. The summed E-state index contributed by atoms with van der Waals surface area (Å²) in [5, 5.41) is 0.459. The number of aromatic nitrogens is 1. The number of nitrogens with two attached hydrogens (primary N) is 1. The quantitative estimate of drug-likeness (QED) is 0.905. The van der Waals surface area contributed by atoms with Crippen LogP contribution in [0.1, 0.15) is 12.8 Å². The van der Waals surface area contributed by atoms with Gasteiger partial charge in [0.15, 0.2) is 11.6 Å². The van der Waals surface area contributed by atoms with Gasteiger partial charge >= 0.3 is 0 Å². The van der Waals surface area contributed by atoms with E-state index in [0.717, 1.165) is 30.5 Å². The molecular weight excluding hydrogens is 345 g/mol. The van der Waals surface area contributed by atoms with Gasteiger partial charge in [-0.25, -0.2) is 9.37 Å². The zero-order chi connectivity index (χ0) is 18.0. The highest BCUT2D eigenvalue weighted by atomic mass is 35.5. The summed E-state index contributed by atoms with van der Waals surface area (Å²) in [6.45, 7) is 1.33. The Morgan fingerprint density at radius 3 is 2.96 bits per heavy atom. The molecule has 1 saturated heterocycles. The van der Waals surface area contributed by atoms with Crippen molar-refractivity contribution in [1.82, 2.24) is 4.98 Å². The number of rotatable bonds is 4. The number of ether oxygens (including phenoxy) is 1. The van der Waals surface area contributed by atoms with Crippen LogP contribution in [0.4, 0.5) is 10.2 Å². The van der Waals surface area contributed by atoms with Crippen LogP contribution in [0.15, 0.2) is 30.5 Å². The average Bonchev–Trinajstić information content (AvgIpc) is 2.63. The fourth-order valence-corrected chi connectivity index (χ4v) is 3.28. The van der Waals surface area contributed by atoms with Gasteiger partial charge in [-0.05, 0) is 36.6 Å². The predicted molar refractivity (Wildman–Crippen MR) is 95.3 cm³/mol. The number of benzene rings is 1. The molecule has 1 aliphatic heterocycles. The van der Waals surface area contributed by atoms with Crippen LogP contribution in [0.5, 0.6) is 5.75 Å². The topological polar surface area (TPSA) is 68.5 Å². The first kappa shape index (κ1) is 17.5. The highest BCUT2D eigenvalue weighted by molar-refractivity contribution is 6.33. The number of carbonyl (C=O) groups is 1. The van der Waals surface area contributed by atoms with Gasteiger partial charge in [-0.1, -0.05) is 17.7 Å². The number of primary amides is 1. The molecule has 2 N–H and O–H groups in total. The zero-order valence-corrected chi connectivity index (χ0v) is 14.6. The second-order valence-corrected chi connectivity index (χ2v) is 6.47. The standard InChI is InChI=1S/C18H19ClFN3O2/c1-25-16-7-11(4-5-15(16)20)13-8-17(22-9-14(13)19)23-6-2-3-12(10-23)18(21)24/h4-5,7-9,12H,2-3,6,10H2,1H3,(H2,21,24)/t12-/m1/s1. The highest BCUT2D eigenvalue weighted by Crippen LogP contribution is 2.34. The Balaban J connectivity index is 1.94. The maximum atomic E-state index is 13.7. The van der Waals surface area contributed by atoms with Gasteiger partial charge in [0.2, 0.25) is 5.91 Å². The first-order chi connectivity index (χ1) is 12.0. The molecule has 1 aromatic carbocycles. The molecule has 0 saturated carbocycles. The Labute approximate surface area is 150 Å². The lowest BCUT2D eigenvalue weighted by atomic mass is 9.97. The van der Waals surface area contributed by atoms with Crippen LogP contribution in [0.25, 0.3) is 11.1 Å². The van der Waals surface area contributed by atoms with Gasteiger partial charge in [0.25, 0.3) is 0 Å². The van der Waals surface area contributed by atoms with Crippen LogP contribution < -0.4 is 15.4 Å². The number of amides is 1. The molecule has 7 heteroatoms. The molecule has 1 atom stereocenters. The van der Waals surface area contributed by atoms with Crippen molar-refractivity contribution >= 4 is 23.3 Å². The van der Waals surface area contributed by atoms with Crippen LogP contribution in [0, 0.1) is 11.7 Å². The predicted octanol–water partition coefficient (Wildman–Crippen LogP) is 3.25. The van der Waals surface area contributed by atoms with E-state index in [1.165, 1.54) is 13.2 Å². The van der Waals surface area contributed by atoms with Crippen molar-refractivity contribution in [3.63, 3.8) is 0 Å². The Morgan fingerprint density at radius 1 is 1.44 bits per heavy atom. The lowest BCUT2D eigenvalue weighted by molar-refractivity contribution is -0.122. The molecule has 0 unspecified atom stereocenters. The van der Waals surface area contributed by atoms with Gasteiger partial charge in [0, 0.05) is 24.8 Å². The molecule has 2 heterocycles. The van der Waals surface area contributed by atoms with E-state index in [2.05, 4.69) is 4.98 Å². The van der Waals surface area contributed by atoms with Crippen molar-refractivity contribution in [2.45, 2.75) is 12.8 Å². The van der Waals surface area contributed by atoms with Crippen LogP contribution in [-0.4, -0.2) is 31.1 Å². The van der Waals surface area contributed by atoms with E-state index in [9.17, 15) is 9.18 Å².